The Hall–Kier alpha value is -0.340. The Labute approximate surface area is 113 Å². The van der Waals surface area contributed by atoms with Gasteiger partial charge in [-0.05, 0) is 42.4 Å². The second kappa shape index (κ2) is 6.01. The van der Waals surface area contributed by atoms with Crippen molar-refractivity contribution in [2.24, 2.45) is 5.92 Å². The smallest absolute Gasteiger partial charge is 0.0175 e. The van der Waals surface area contributed by atoms with Gasteiger partial charge < -0.3 is 5.32 Å². The van der Waals surface area contributed by atoms with Crippen molar-refractivity contribution >= 4 is 15.9 Å². The highest BCUT2D eigenvalue weighted by Crippen LogP contribution is 2.29. The highest BCUT2D eigenvalue weighted by Gasteiger charge is 2.24. The molecule has 17 heavy (non-hydrogen) atoms. The molecular weight excluding hydrogens is 274 g/mol. The van der Waals surface area contributed by atoms with Gasteiger partial charge in [0.25, 0.3) is 0 Å². The Morgan fingerprint density at radius 3 is 2.47 bits per heavy atom. The zero-order valence-electron chi connectivity index (χ0n) is 10.7. The van der Waals surface area contributed by atoms with Crippen molar-refractivity contribution in [2.45, 2.75) is 45.1 Å². The van der Waals surface area contributed by atoms with Crippen LogP contribution in [-0.4, -0.2) is 12.6 Å². The molecule has 0 amide bonds. The van der Waals surface area contributed by atoms with Crippen molar-refractivity contribution in [3.63, 3.8) is 0 Å². The van der Waals surface area contributed by atoms with E-state index in [0.29, 0.717) is 5.92 Å². The molecule has 0 heterocycles. The lowest BCUT2D eigenvalue weighted by atomic mass is 9.85. The van der Waals surface area contributed by atoms with Crippen molar-refractivity contribution in [3.8, 4) is 0 Å². The fourth-order valence-corrected chi connectivity index (χ4v) is 2.49. The van der Waals surface area contributed by atoms with E-state index in [-0.39, 0.29) is 0 Å². The molecule has 1 saturated carbocycles. The van der Waals surface area contributed by atoms with Crippen molar-refractivity contribution < 1.29 is 0 Å². The number of rotatable bonds is 6. The summed E-state index contributed by atoms with van der Waals surface area (Å²) >= 11 is 3.51. The van der Waals surface area contributed by atoms with Crippen LogP contribution in [0, 0.1) is 5.92 Å². The Bertz CT molecular complexity index is 342. The summed E-state index contributed by atoms with van der Waals surface area (Å²) in [5, 5.41) is 3.67. The van der Waals surface area contributed by atoms with Crippen LogP contribution in [0.5, 0.6) is 0 Å². The fourth-order valence-electron chi connectivity index (χ4n) is 2.22. The lowest BCUT2D eigenvalue weighted by Gasteiger charge is -2.24. The number of halogens is 1. The predicted octanol–water partition coefficient (Wildman–Crippen LogP) is 4.33. The first-order valence-electron chi connectivity index (χ1n) is 6.69. The highest BCUT2D eigenvalue weighted by atomic mass is 79.9. The average Bonchev–Trinajstić information content (AvgIpc) is 3.15. The summed E-state index contributed by atoms with van der Waals surface area (Å²) in [7, 11) is 0. The number of benzene rings is 1. The molecule has 0 bridgehead atoms. The summed E-state index contributed by atoms with van der Waals surface area (Å²) in [5.41, 5.74) is 1.47. The van der Waals surface area contributed by atoms with Gasteiger partial charge in [0.15, 0.2) is 0 Å². The van der Waals surface area contributed by atoms with Crippen LogP contribution >= 0.6 is 15.9 Å². The normalized spacial score (nSPS) is 19.0. The van der Waals surface area contributed by atoms with E-state index in [0.717, 1.165) is 18.5 Å². The van der Waals surface area contributed by atoms with Crippen LogP contribution in [0.25, 0.3) is 0 Å². The van der Waals surface area contributed by atoms with Crippen LogP contribution in [0.15, 0.2) is 28.7 Å². The zero-order valence-corrected chi connectivity index (χ0v) is 12.3. The summed E-state index contributed by atoms with van der Waals surface area (Å²) in [6.07, 6.45) is 3.98. The van der Waals surface area contributed by atoms with E-state index < -0.39 is 0 Å². The average molecular weight is 296 g/mol. The zero-order chi connectivity index (χ0) is 12.3. The monoisotopic (exact) mass is 295 g/mol. The summed E-state index contributed by atoms with van der Waals surface area (Å²) in [5.74, 6) is 1.39. The molecule has 0 spiro atoms. The molecule has 94 valence electrons. The first-order chi connectivity index (χ1) is 8.20. The van der Waals surface area contributed by atoms with Gasteiger partial charge in [0.2, 0.25) is 0 Å². The van der Waals surface area contributed by atoms with Crippen LogP contribution in [0.4, 0.5) is 0 Å². The van der Waals surface area contributed by atoms with Gasteiger partial charge in [-0.15, -0.1) is 0 Å². The molecule has 0 radical (unpaired) electrons. The minimum Gasteiger partial charge on any atom is -0.313 e. The van der Waals surface area contributed by atoms with Gasteiger partial charge in [-0.3, -0.25) is 0 Å². The molecule has 2 atom stereocenters. The summed E-state index contributed by atoms with van der Waals surface area (Å²) in [6.45, 7) is 5.77. The van der Waals surface area contributed by atoms with E-state index in [2.05, 4.69) is 59.4 Å². The predicted molar refractivity (Wildman–Crippen MR) is 77.4 cm³/mol. The van der Waals surface area contributed by atoms with Crippen molar-refractivity contribution in [1.82, 2.24) is 5.32 Å². The molecule has 1 N–H and O–H groups in total. The van der Waals surface area contributed by atoms with E-state index in [1.54, 1.807) is 0 Å². The van der Waals surface area contributed by atoms with Gasteiger partial charge in [-0.1, -0.05) is 48.3 Å². The molecule has 1 fully saturated rings. The lowest BCUT2D eigenvalue weighted by molar-refractivity contribution is 0.419. The Kier molecular flexibility index (Phi) is 4.63. The first-order valence-corrected chi connectivity index (χ1v) is 7.49. The van der Waals surface area contributed by atoms with Crippen molar-refractivity contribution in [3.05, 3.63) is 34.3 Å². The number of hydrogen-bond acceptors (Lipinski definition) is 1. The van der Waals surface area contributed by atoms with Crippen LogP contribution < -0.4 is 5.32 Å². The second-order valence-electron chi connectivity index (χ2n) is 5.23. The molecule has 2 rings (SSSR count). The molecule has 1 aromatic carbocycles. The number of nitrogens with one attached hydrogen (secondary N) is 1. The minimum atomic E-state index is 0.647. The molecule has 1 aliphatic carbocycles. The topological polar surface area (TPSA) is 12.0 Å². The maximum absolute atomic E-state index is 3.67. The van der Waals surface area contributed by atoms with Gasteiger partial charge in [0, 0.05) is 17.1 Å². The molecule has 2 heteroatoms. The third kappa shape index (κ3) is 3.82. The van der Waals surface area contributed by atoms with Gasteiger partial charge in [-0.25, -0.2) is 0 Å². The van der Waals surface area contributed by atoms with Crippen LogP contribution in [0.2, 0.25) is 0 Å². The Morgan fingerprint density at radius 2 is 1.94 bits per heavy atom. The third-order valence-corrected chi connectivity index (χ3v) is 4.36. The van der Waals surface area contributed by atoms with E-state index in [1.807, 2.05) is 0 Å². The van der Waals surface area contributed by atoms with Crippen LogP contribution in [0.3, 0.4) is 0 Å². The van der Waals surface area contributed by atoms with Crippen molar-refractivity contribution in [1.29, 1.82) is 0 Å². The molecule has 0 saturated heterocycles. The van der Waals surface area contributed by atoms with Crippen LogP contribution in [0.1, 0.15) is 44.6 Å². The Morgan fingerprint density at radius 1 is 1.29 bits per heavy atom. The van der Waals surface area contributed by atoms with E-state index in [9.17, 15) is 0 Å². The molecule has 2 unspecified atom stereocenters. The van der Waals surface area contributed by atoms with Gasteiger partial charge in [0.05, 0.1) is 0 Å². The van der Waals surface area contributed by atoms with E-state index >= 15 is 0 Å². The molecule has 1 nitrogen and oxygen atoms in total. The standard InChI is InChI=1S/C15H22BrN/c1-3-11(2)15(10-17-14-8-9-14)12-4-6-13(16)7-5-12/h4-7,11,14-15,17H,3,8-10H2,1-2H3. The molecule has 1 aromatic rings. The maximum atomic E-state index is 3.67. The summed E-state index contributed by atoms with van der Waals surface area (Å²) < 4.78 is 1.17. The minimum absolute atomic E-state index is 0.647. The lowest BCUT2D eigenvalue weighted by Crippen LogP contribution is -2.27. The largest absolute Gasteiger partial charge is 0.313 e. The van der Waals surface area contributed by atoms with E-state index in [4.69, 9.17) is 0 Å². The summed E-state index contributed by atoms with van der Waals surface area (Å²) in [4.78, 5) is 0. The fraction of sp³-hybridized carbons (Fsp3) is 0.600. The van der Waals surface area contributed by atoms with Crippen LogP contribution in [-0.2, 0) is 0 Å². The van der Waals surface area contributed by atoms with E-state index in [1.165, 1.54) is 29.3 Å². The highest BCUT2D eigenvalue weighted by molar-refractivity contribution is 9.10. The molecular formula is C15H22BrN. The van der Waals surface area contributed by atoms with Gasteiger partial charge in [0.1, 0.15) is 0 Å². The first kappa shape index (κ1) is 13.1. The second-order valence-corrected chi connectivity index (χ2v) is 6.14. The summed E-state index contributed by atoms with van der Waals surface area (Å²) in [6, 6.07) is 9.63. The molecule has 1 aliphatic rings. The number of hydrogen-bond donors (Lipinski definition) is 1. The van der Waals surface area contributed by atoms with Gasteiger partial charge in [-0.2, -0.15) is 0 Å². The Balaban J connectivity index is 2.04. The third-order valence-electron chi connectivity index (χ3n) is 3.83. The van der Waals surface area contributed by atoms with Gasteiger partial charge >= 0.3 is 0 Å². The quantitative estimate of drug-likeness (QED) is 0.824. The maximum Gasteiger partial charge on any atom is 0.0175 e. The SMILES string of the molecule is CCC(C)C(CNC1CC1)c1ccc(Br)cc1. The van der Waals surface area contributed by atoms with Crippen molar-refractivity contribution in [2.75, 3.05) is 6.54 Å². The molecule has 0 aliphatic heterocycles. The molecule has 0 aromatic heterocycles.